The summed E-state index contributed by atoms with van der Waals surface area (Å²) in [4.78, 5) is 1.96. The zero-order valence-corrected chi connectivity index (χ0v) is 14.7. The second-order valence-corrected chi connectivity index (χ2v) is 7.32. The number of nitrogens with one attached hydrogen (secondary N) is 1. The van der Waals surface area contributed by atoms with E-state index in [9.17, 15) is 8.42 Å². The zero-order chi connectivity index (χ0) is 17.0. The van der Waals surface area contributed by atoms with Crippen LogP contribution in [0, 0.1) is 0 Å². The summed E-state index contributed by atoms with van der Waals surface area (Å²) in [5.74, 6) is 1.11. The van der Waals surface area contributed by atoms with Crippen molar-refractivity contribution in [1.82, 2.24) is 9.62 Å². The van der Waals surface area contributed by atoms with E-state index in [2.05, 4.69) is 4.72 Å². The number of methoxy groups -OCH3 is 1. The summed E-state index contributed by atoms with van der Waals surface area (Å²) in [6, 6.07) is 7.69. The van der Waals surface area contributed by atoms with Gasteiger partial charge in [-0.3, -0.25) is 4.90 Å². The highest BCUT2D eigenvalue weighted by atomic mass is 35.5. The molecular formula is C15H19ClN2O4S. The lowest BCUT2D eigenvalue weighted by Crippen LogP contribution is -2.34. The third kappa shape index (κ3) is 4.26. The molecule has 1 unspecified atom stereocenters. The van der Waals surface area contributed by atoms with E-state index < -0.39 is 10.0 Å². The molecule has 1 atom stereocenters. The molecule has 2 aromatic rings. The Morgan fingerprint density at radius 2 is 2.09 bits per heavy atom. The van der Waals surface area contributed by atoms with Crippen molar-refractivity contribution in [3.63, 3.8) is 0 Å². The average molecular weight is 359 g/mol. The minimum Gasteiger partial charge on any atom is -0.495 e. The van der Waals surface area contributed by atoms with Gasteiger partial charge in [-0.1, -0.05) is 11.6 Å². The minimum atomic E-state index is -3.69. The van der Waals surface area contributed by atoms with Crippen molar-refractivity contribution in [1.29, 1.82) is 0 Å². The number of sulfonamides is 1. The van der Waals surface area contributed by atoms with Gasteiger partial charge in [-0.15, -0.1) is 0 Å². The molecule has 0 fully saturated rings. The van der Waals surface area contributed by atoms with Crippen molar-refractivity contribution in [2.24, 2.45) is 0 Å². The maximum absolute atomic E-state index is 12.4. The fourth-order valence-electron chi connectivity index (χ4n) is 2.10. The van der Waals surface area contributed by atoms with Crippen molar-refractivity contribution in [3.8, 4) is 5.75 Å². The summed E-state index contributed by atoms with van der Waals surface area (Å²) >= 11 is 5.99. The van der Waals surface area contributed by atoms with E-state index >= 15 is 0 Å². The molecular weight excluding hydrogens is 340 g/mol. The number of ether oxygens (including phenoxy) is 1. The average Bonchev–Trinajstić information content (AvgIpc) is 3.01. The van der Waals surface area contributed by atoms with E-state index in [0.717, 1.165) is 0 Å². The Hall–Kier alpha value is -1.54. The van der Waals surface area contributed by atoms with Gasteiger partial charge < -0.3 is 9.15 Å². The van der Waals surface area contributed by atoms with E-state index in [4.69, 9.17) is 20.8 Å². The lowest BCUT2D eigenvalue weighted by molar-refractivity contribution is 0.259. The van der Waals surface area contributed by atoms with Crippen molar-refractivity contribution in [3.05, 3.63) is 47.4 Å². The highest BCUT2D eigenvalue weighted by Crippen LogP contribution is 2.27. The van der Waals surface area contributed by atoms with Gasteiger partial charge in [0.25, 0.3) is 0 Å². The van der Waals surface area contributed by atoms with Crippen LogP contribution >= 0.6 is 11.6 Å². The second kappa shape index (κ2) is 7.35. The van der Waals surface area contributed by atoms with Gasteiger partial charge in [-0.05, 0) is 44.4 Å². The molecule has 0 saturated carbocycles. The normalized spacial score (nSPS) is 13.3. The van der Waals surface area contributed by atoms with Crippen molar-refractivity contribution >= 4 is 21.6 Å². The third-order valence-electron chi connectivity index (χ3n) is 3.40. The maximum atomic E-state index is 12.4. The van der Waals surface area contributed by atoms with E-state index in [1.165, 1.54) is 25.3 Å². The number of rotatable bonds is 7. The lowest BCUT2D eigenvalue weighted by atomic mass is 10.2. The summed E-state index contributed by atoms with van der Waals surface area (Å²) in [7, 11) is 1.49. The predicted molar refractivity (Wildman–Crippen MR) is 88.3 cm³/mol. The first-order chi connectivity index (χ1) is 10.8. The number of hydrogen-bond acceptors (Lipinski definition) is 5. The Kier molecular flexibility index (Phi) is 5.69. The molecule has 0 aliphatic carbocycles. The van der Waals surface area contributed by atoms with Gasteiger partial charge in [0.1, 0.15) is 11.5 Å². The van der Waals surface area contributed by atoms with Crippen LogP contribution in [0.4, 0.5) is 0 Å². The van der Waals surface area contributed by atoms with Crippen LogP contribution < -0.4 is 9.46 Å². The van der Waals surface area contributed by atoms with Crippen LogP contribution in [0.5, 0.6) is 5.75 Å². The van der Waals surface area contributed by atoms with Crippen molar-refractivity contribution < 1.29 is 17.6 Å². The Balaban J connectivity index is 2.16. The largest absolute Gasteiger partial charge is 0.495 e. The van der Waals surface area contributed by atoms with Gasteiger partial charge in [0.15, 0.2) is 0 Å². The Morgan fingerprint density at radius 1 is 1.35 bits per heavy atom. The van der Waals surface area contributed by atoms with Gasteiger partial charge in [0.05, 0.1) is 29.3 Å². The molecule has 2 rings (SSSR count). The van der Waals surface area contributed by atoms with Crippen LogP contribution in [0.1, 0.15) is 11.8 Å². The summed E-state index contributed by atoms with van der Waals surface area (Å²) in [6.07, 6.45) is 1.56. The first-order valence-electron chi connectivity index (χ1n) is 6.88. The SMILES string of the molecule is COc1ccc(S(=O)(=O)NCC(c2ccco2)N(C)C)cc1Cl. The molecule has 23 heavy (non-hydrogen) atoms. The molecule has 0 bridgehead atoms. The van der Waals surface area contributed by atoms with Crippen LogP contribution in [0.2, 0.25) is 5.02 Å². The highest BCUT2D eigenvalue weighted by Gasteiger charge is 2.22. The summed E-state index contributed by atoms with van der Waals surface area (Å²) < 4.78 is 37.8. The number of likely N-dealkylation sites (N-methyl/N-ethyl adjacent to an activating group) is 1. The highest BCUT2D eigenvalue weighted by molar-refractivity contribution is 7.89. The molecule has 1 heterocycles. The standard InChI is InChI=1S/C15H19ClN2O4S/c1-18(2)13(15-5-4-8-22-15)10-17-23(19,20)11-6-7-14(21-3)12(16)9-11/h4-9,13,17H,10H2,1-3H3. The van der Waals surface area contributed by atoms with Crippen LogP contribution in [-0.4, -0.2) is 41.1 Å². The van der Waals surface area contributed by atoms with Crippen LogP contribution in [0.25, 0.3) is 0 Å². The van der Waals surface area contributed by atoms with Gasteiger partial charge in [0, 0.05) is 6.54 Å². The molecule has 0 amide bonds. The molecule has 0 radical (unpaired) electrons. The second-order valence-electron chi connectivity index (χ2n) is 5.14. The van der Waals surface area contributed by atoms with Gasteiger partial charge >= 0.3 is 0 Å². The lowest BCUT2D eigenvalue weighted by Gasteiger charge is -2.22. The number of hydrogen-bond donors (Lipinski definition) is 1. The van der Waals surface area contributed by atoms with Crippen molar-refractivity contribution in [2.45, 2.75) is 10.9 Å². The Morgan fingerprint density at radius 3 is 2.61 bits per heavy atom. The summed E-state index contributed by atoms with van der Waals surface area (Å²) in [5, 5.41) is 0.241. The van der Waals surface area contributed by atoms with Gasteiger partial charge in [-0.2, -0.15) is 0 Å². The number of benzene rings is 1. The molecule has 1 N–H and O–H groups in total. The van der Waals surface area contributed by atoms with Crippen LogP contribution in [0.3, 0.4) is 0 Å². The molecule has 126 valence electrons. The van der Waals surface area contributed by atoms with E-state index in [0.29, 0.717) is 11.5 Å². The number of halogens is 1. The fraction of sp³-hybridized carbons (Fsp3) is 0.333. The molecule has 6 nitrogen and oxygen atoms in total. The first-order valence-corrected chi connectivity index (χ1v) is 8.74. The topological polar surface area (TPSA) is 71.8 Å². The van der Waals surface area contributed by atoms with Crippen molar-refractivity contribution in [2.75, 3.05) is 27.7 Å². The van der Waals surface area contributed by atoms with Gasteiger partial charge in [0.2, 0.25) is 10.0 Å². The maximum Gasteiger partial charge on any atom is 0.240 e. The van der Waals surface area contributed by atoms with E-state index in [1.807, 2.05) is 25.1 Å². The molecule has 1 aromatic carbocycles. The summed E-state index contributed by atoms with van der Waals surface area (Å²) in [6.45, 7) is 0.173. The van der Waals surface area contributed by atoms with Crippen LogP contribution in [0.15, 0.2) is 45.9 Å². The van der Waals surface area contributed by atoms with Crippen LogP contribution in [-0.2, 0) is 10.0 Å². The van der Waals surface area contributed by atoms with E-state index in [-0.39, 0.29) is 22.5 Å². The molecule has 8 heteroatoms. The Bertz CT molecular complexity index is 745. The zero-order valence-electron chi connectivity index (χ0n) is 13.1. The first kappa shape index (κ1) is 17.8. The predicted octanol–water partition coefficient (Wildman–Crippen LogP) is 2.52. The van der Waals surface area contributed by atoms with E-state index in [1.54, 1.807) is 12.3 Å². The minimum absolute atomic E-state index is 0.0836. The third-order valence-corrected chi connectivity index (χ3v) is 5.11. The molecule has 0 aliphatic heterocycles. The smallest absolute Gasteiger partial charge is 0.240 e. The molecule has 0 spiro atoms. The summed E-state index contributed by atoms with van der Waals surface area (Å²) in [5.41, 5.74) is 0. The molecule has 0 saturated heterocycles. The fourth-order valence-corrected chi connectivity index (χ4v) is 3.49. The van der Waals surface area contributed by atoms with Gasteiger partial charge in [-0.25, -0.2) is 13.1 Å². The monoisotopic (exact) mass is 358 g/mol. The Labute approximate surface area is 141 Å². The quantitative estimate of drug-likeness (QED) is 0.823. The molecule has 1 aromatic heterocycles. The number of furan rings is 1. The number of nitrogens with zero attached hydrogens (tertiary/aromatic N) is 1. The molecule has 0 aliphatic rings.